The van der Waals surface area contributed by atoms with Gasteiger partial charge in [0.05, 0.1) is 26.4 Å². The molecule has 0 aliphatic carbocycles. The highest BCUT2D eigenvalue weighted by Gasteiger charge is 2.07. The van der Waals surface area contributed by atoms with Crippen molar-refractivity contribution in [3.8, 4) is 11.5 Å². The summed E-state index contributed by atoms with van der Waals surface area (Å²) >= 11 is 0. The number of hydrogen-bond donors (Lipinski definition) is 2. The van der Waals surface area contributed by atoms with Crippen molar-refractivity contribution in [2.45, 2.75) is 40.0 Å². The minimum absolute atomic E-state index is 0. The zero-order valence-corrected chi connectivity index (χ0v) is 20.2. The van der Waals surface area contributed by atoms with E-state index in [-0.39, 0.29) is 30.1 Å². The molecular formula is C22H32IN3O3. The molecule has 0 aromatic heterocycles. The first-order valence-corrected chi connectivity index (χ1v) is 9.53. The van der Waals surface area contributed by atoms with Gasteiger partial charge in [-0.05, 0) is 44.0 Å². The van der Waals surface area contributed by atoms with E-state index in [4.69, 9.17) is 14.2 Å². The lowest BCUT2D eigenvalue weighted by molar-refractivity contribution is 0.0657. The third kappa shape index (κ3) is 8.49. The van der Waals surface area contributed by atoms with Gasteiger partial charge < -0.3 is 24.8 Å². The first-order chi connectivity index (χ1) is 13.5. The Morgan fingerprint density at radius 2 is 1.72 bits per heavy atom. The molecule has 0 aliphatic heterocycles. The first kappa shape index (κ1) is 25.0. The Morgan fingerprint density at radius 3 is 2.31 bits per heavy atom. The molecule has 0 fully saturated rings. The number of ether oxygens (including phenoxy) is 3. The molecular weight excluding hydrogens is 481 g/mol. The maximum Gasteiger partial charge on any atom is 0.195 e. The Kier molecular flexibility index (Phi) is 11.5. The smallest absolute Gasteiger partial charge is 0.195 e. The van der Waals surface area contributed by atoms with Gasteiger partial charge in [-0.25, -0.2) is 0 Å². The predicted molar refractivity (Wildman–Crippen MR) is 130 cm³/mol. The van der Waals surface area contributed by atoms with E-state index in [1.807, 2.05) is 39.0 Å². The van der Waals surface area contributed by atoms with Crippen molar-refractivity contribution in [1.29, 1.82) is 0 Å². The summed E-state index contributed by atoms with van der Waals surface area (Å²) in [5.41, 5.74) is 3.21. The van der Waals surface area contributed by atoms with Crippen molar-refractivity contribution >= 4 is 35.6 Å². The van der Waals surface area contributed by atoms with E-state index >= 15 is 0 Å². The fraction of sp³-hybridized carbons (Fsp3) is 0.409. The number of guanidine groups is 1. The summed E-state index contributed by atoms with van der Waals surface area (Å²) in [6.07, 6.45) is 0.233. The lowest BCUT2D eigenvalue weighted by atomic mass is 10.1. The normalized spacial score (nSPS) is 11.0. The van der Waals surface area contributed by atoms with Gasteiger partial charge in [0.2, 0.25) is 0 Å². The third-order valence-corrected chi connectivity index (χ3v) is 4.02. The monoisotopic (exact) mass is 513 g/mol. The van der Waals surface area contributed by atoms with Crippen LogP contribution in [-0.4, -0.2) is 32.8 Å². The Morgan fingerprint density at radius 1 is 1.03 bits per heavy atom. The highest BCUT2D eigenvalue weighted by Crippen LogP contribution is 2.30. The Hall–Kier alpha value is -2.00. The van der Waals surface area contributed by atoms with E-state index in [1.54, 1.807) is 14.2 Å². The van der Waals surface area contributed by atoms with Gasteiger partial charge in [-0.3, -0.25) is 4.99 Å². The molecule has 2 N–H and O–H groups in total. The summed E-state index contributed by atoms with van der Waals surface area (Å²) in [5.74, 6) is 2.08. The predicted octanol–water partition coefficient (Wildman–Crippen LogP) is 4.82. The Bertz CT molecular complexity index is 764. The molecule has 0 unspecified atom stereocenters. The summed E-state index contributed by atoms with van der Waals surface area (Å²) in [5, 5.41) is 6.59. The molecule has 0 aliphatic rings. The van der Waals surface area contributed by atoms with Crippen LogP contribution in [0.4, 0.5) is 5.69 Å². The highest BCUT2D eigenvalue weighted by molar-refractivity contribution is 14.0. The van der Waals surface area contributed by atoms with Gasteiger partial charge in [-0.2, -0.15) is 0 Å². The SMILES string of the molecule is CCOc1ccc(NC(=NC)NCc2ccc(COC(C)C)cc2)cc1OC.I. The van der Waals surface area contributed by atoms with Crippen molar-refractivity contribution in [1.82, 2.24) is 5.32 Å². The van der Waals surface area contributed by atoms with E-state index in [0.717, 1.165) is 11.4 Å². The number of nitrogens with zero attached hydrogens (tertiary/aromatic N) is 1. The van der Waals surface area contributed by atoms with Crippen LogP contribution in [0.3, 0.4) is 0 Å². The Balaban J connectivity index is 0.00000420. The maximum atomic E-state index is 5.63. The molecule has 0 spiro atoms. The van der Waals surface area contributed by atoms with Gasteiger partial charge in [0.15, 0.2) is 17.5 Å². The van der Waals surface area contributed by atoms with E-state index in [9.17, 15) is 0 Å². The first-order valence-electron chi connectivity index (χ1n) is 9.53. The van der Waals surface area contributed by atoms with Crippen molar-refractivity contribution in [2.75, 3.05) is 26.1 Å². The molecule has 2 aromatic rings. The largest absolute Gasteiger partial charge is 0.493 e. The van der Waals surface area contributed by atoms with Crippen LogP contribution in [0.5, 0.6) is 11.5 Å². The summed E-state index contributed by atoms with van der Waals surface area (Å²) in [6.45, 7) is 7.91. The molecule has 0 bridgehead atoms. The number of hydrogen-bond acceptors (Lipinski definition) is 4. The average Bonchev–Trinajstić information content (AvgIpc) is 2.71. The van der Waals surface area contributed by atoms with Gasteiger partial charge in [0.25, 0.3) is 0 Å². The lowest BCUT2D eigenvalue weighted by Crippen LogP contribution is -2.30. The number of benzene rings is 2. The number of nitrogens with one attached hydrogen (secondary N) is 2. The van der Waals surface area contributed by atoms with Crippen LogP contribution in [0.25, 0.3) is 0 Å². The molecule has 7 heteroatoms. The molecule has 0 atom stereocenters. The van der Waals surface area contributed by atoms with Crippen LogP contribution in [-0.2, 0) is 17.9 Å². The molecule has 0 amide bonds. The number of anilines is 1. The van der Waals surface area contributed by atoms with Crippen molar-refractivity contribution < 1.29 is 14.2 Å². The molecule has 0 saturated carbocycles. The van der Waals surface area contributed by atoms with Crippen molar-refractivity contribution in [3.05, 3.63) is 53.6 Å². The summed E-state index contributed by atoms with van der Waals surface area (Å²) < 4.78 is 16.6. The van der Waals surface area contributed by atoms with Crippen LogP contribution in [0.1, 0.15) is 31.9 Å². The van der Waals surface area contributed by atoms with Crippen LogP contribution in [0, 0.1) is 0 Å². The maximum absolute atomic E-state index is 5.63. The zero-order chi connectivity index (χ0) is 20.4. The minimum Gasteiger partial charge on any atom is -0.493 e. The van der Waals surface area contributed by atoms with Crippen LogP contribution < -0.4 is 20.1 Å². The lowest BCUT2D eigenvalue weighted by Gasteiger charge is -2.15. The number of aliphatic imine (C=N–C) groups is 1. The second-order valence-electron chi connectivity index (χ2n) is 6.53. The quantitative estimate of drug-likeness (QED) is 0.286. The molecule has 0 radical (unpaired) electrons. The molecule has 160 valence electrons. The summed E-state index contributed by atoms with van der Waals surface area (Å²) in [7, 11) is 3.37. The summed E-state index contributed by atoms with van der Waals surface area (Å²) in [4.78, 5) is 4.28. The van der Waals surface area contributed by atoms with Gasteiger partial charge in [0.1, 0.15) is 0 Å². The number of rotatable bonds is 9. The van der Waals surface area contributed by atoms with Crippen LogP contribution >= 0.6 is 24.0 Å². The van der Waals surface area contributed by atoms with Crippen LogP contribution in [0.15, 0.2) is 47.5 Å². The molecule has 2 aromatic carbocycles. The standard InChI is InChI=1S/C22H31N3O3.HI/c1-6-27-20-12-11-19(13-21(20)26-5)25-22(23-4)24-14-17-7-9-18(10-8-17)15-28-16(2)3;/h7-13,16H,6,14-15H2,1-5H3,(H2,23,24,25);1H. The van der Waals surface area contributed by atoms with E-state index < -0.39 is 0 Å². The summed E-state index contributed by atoms with van der Waals surface area (Å²) in [6, 6.07) is 14.1. The second-order valence-corrected chi connectivity index (χ2v) is 6.53. The molecule has 2 rings (SSSR count). The number of halogens is 1. The van der Waals surface area contributed by atoms with Gasteiger partial charge in [-0.15, -0.1) is 24.0 Å². The molecule has 6 nitrogen and oxygen atoms in total. The minimum atomic E-state index is 0. The topological polar surface area (TPSA) is 64.1 Å². The van der Waals surface area contributed by atoms with Crippen molar-refractivity contribution in [2.24, 2.45) is 4.99 Å². The Labute approximate surface area is 191 Å². The van der Waals surface area contributed by atoms with E-state index in [0.29, 0.717) is 31.5 Å². The second kappa shape index (κ2) is 13.3. The highest BCUT2D eigenvalue weighted by atomic mass is 127. The zero-order valence-electron chi connectivity index (χ0n) is 17.8. The molecule has 0 saturated heterocycles. The molecule has 29 heavy (non-hydrogen) atoms. The third-order valence-electron chi connectivity index (χ3n) is 4.02. The molecule has 0 heterocycles. The van der Waals surface area contributed by atoms with E-state index in [2.05, 4.69) is 39.9 Å². The van der Waals surface area contributed by atoms with Crippen LogP contribution in [0.2, 0.25) is 0 Å². The number of methoxy groups -OCH3 is 1. The average molecular weight is 513 g/mol. The van der Waals surface area contributed by atoms with Crippen molar-refractivity contribution in [3.63, 3.8) is 0 Å². The van der Waals surface area contributed by atoms with Gasteiger partial charge in [-0.1, -0.05) is 24.3 Å². The van der Waals surface area contributed by atoms with E-state index in [1.165, 1.54) is 11.1 Å². The fourth-order valence-corrected chi connectivity index (χ4v) is 2.54. The van der Waals surface area contributed by atoms with Gasteiger partial charge >= 0.3 is 0 Å². The fourth-order valence-electron chi connectivity index (χ4n) is 2.54. The van der Waals surface area contributed by atoms with Gasteiger partial charge in [0, 0.05) is 25.3 Å².